The molecule has 2 aliphatic rings. The fourth-order valence-corrected chi connectivity index (χ4v) is 3.51. The summed E-state index contributed by atoms with van der Waals surface area (Å²) in [5, 5.41) is 9.03. The summed E-state index contributed by atoms with van der Waals surface area (Å²) in [6.07, 6.45) is 4.29. The molecule has 6 heteroatoms. The number of ether oxygens (including phenoxy) is 1. The average Bonchev–Trinajstić information content (AvgIpc) is 2.60. The van der Waals surface area contributed by atoms with E-state index in [0.29, 0.717) is 25.3 Å². The lowest BCUT2D eigenvalue weighted by atomic mass is 9.81. The highest BCUT2D eigenvalue weighted by molar-refractivity contribution is 6.00. The van der Waals surface area contributed by atoms with E-state index in [2.05, 4.69) is 43.3 Å². The van der Waals surface area contributed by atoms with Crippen LogP contribution in [-0.2, 0) is 14.3 Å². The maximum Gasteiger partial charge on any atom is 0.243 e. The van der Waals surface area contributed by atoms with Crippen LogP contribution >= 0.6 is 0 Å². The maximum atomic E-state index is 11.9. The highest BCUT2D eigenvalue weighted by Crippen LogP contribution is 2.33. The number of piperidine rings is 2. The normalized spacial score (nSPS) is 28.1. The largest absolute Gasteiger partial charge is 0.366 e. The minimum atomic E-state index is -0.438. The number of hydrogen-bond donors (Lipinski definition) is 3. The highest BCUT2D eigenvalue weighted by atomic mass is 16.5. The number of nitrogens with one attached hydrogen (secondary N) is 3. The van der Waals surface area contributed by atoms with Gasteiger partial charge in [0, 0.05) is 19.5 Å². The Bertz CT molecular complexity index is 502. The molecule has 2 heterocycles. The van der Waals surface area contributed by atoms with Gasteiger partial charge in [-0.2, -0.15) is 0 Å². The molecule has 2 fully saturated rings. The molecule has 2 rings (SSSR count). The van der Waals surface area contributed by atoms with E-state index in [1.165, 1.54) is 0 Å². The van der Waals surface area contributed by atoms with Crippen molar-refractivity contribution in [2.75, 3.05) is 19.6 Å². The van der Waals surface area contributed by atoms with Gasteiger partial charge >= 0.3 is 0 Å². The molecule has 142 valence electrons. The van der Waals surface area contributed by atoms with Crippen molar-refractivity contribution in [1.82, 2.24) is 16.0 Å². The van der Waals surface area contributed by atoms with E-state index in [0.717, 1.165) is 37.9 Å². The molecule has 2 aliphatic heterocycles. The number of carbonyl (C=O) groups excluding carboxylic acids is 2. The minimum absolute atomic E-state index is 0.195. The molecule has 0 radical (unpaired) electrons. The van der Waals surface area contributed by atoms with Crippen LogP contribution in [0, 0.1) is 5.92 Å². The van der Waals surface area contributed by atoms with Crippen LogP contribution in [-0.4, -0.2) is 49.2 Å². The van der Waals surface area contributed by atoms with Gasteiger partial charge in [0.15, 0.2) is 0 Å². The van der Waals surface area contributed by atoms with Crippen LogP contribution in [0.5, 0.6) is 0 Å². The molecule has 2 unspecified atom stereocenters. The molecule has 6 nitrogen and oxygen atoms in total. The van der Waals surface area contributed by atoms with Crippen molar-refractivity contribution in [1.29, 1.82) is 0 Å². The van der Waals surface area contributed by atoms with E-state index in [1.807, 2.05) is 0 Å². The smallest absolute Gasteiger partial charge is 0.243 e. The van der Waals surface area contributed by atoms with Crippen LogP contribution in [0.4, 0.5) is 0 Å². The fourth-order valence-electron chi connectivity index (χ4n) is 3.51. The van der Waals surface area contributed by atoms with E-state index in [9.17, 15) is 9.59 Å². The summed E-state index contributed by atoms with van der Waals surface area (Å²) in [5.41, 5.74) is 0.518. The molecule has 0 aliphatic carbocycles. The lowest BCUT2D eigenvalue weighted by Gasteiger charge is -2.42. The lowest BCUT2D eigenvalue weighted by Crippen LogP contribution is -2.53. The van der Waals surface area contributed by atoms with Crippen LogP contribution < -0.4 is 16.0 Å². The van der Waals surface area contributed by atoms with Crippen molar-refractivity contribution in [3.63, 3.8) is 0 Å². The zero-order chi connectivity index (χ0) is 18.4. The first-order valence-corrected chi connectivity index (χ1v) is 9.50. The van der Waals surface area contributed by atoms with Gasteiger partial charge in [0.2, 0.25) is 11.8 Å². The standard InChI is InChI=1S/C19H33N3O3/c1-5-13(2)19(4,25-15-7-6-10-20-12-15)14(3)11-21-16-8-9-17(23)22-18(16)24/h13,15-16,20-21H,3,5-12H2,1-2,4H3,(H,22,23,24)/t13-,15-,16?,19?/m1/s1. The Morgan fingerprint density at radius 2 is 2.20 bits per heavy atom. The predicted octanol–water partition coefficient (Wildman–Crippen LogP) is 1.51. The number of amides is 2. The molecule has 2 saturated heterocycles. The van der Waals surface area contributed by atoms with Gasteiger partial charge in [-0.05, 0) is 44.2 Å². The molecule has 0 spiro atoms. The number of hydrogen-bond acceptors (Lipinski definition) is 5. The van der Waals surface area contributed by atoms with Crippen LogP contribution in [0.25, 0.3) is 0 Å². The highest BCUT2D eigenvalue weighted by Gasteiger charge is 2.37. The second kappa shape index (κ2) is 8.92. The van der Waals surface area contributed by atoms with E-state index in [1.54, 1.807) is 0 Å². The predicted molar refractivity (Wildman–Crippen MR) is 98.2 cm³/mol. The minimum Gasteiger partial charge on any atom is -0.366 e. The van der Waals surface area contributed by atoms with E-state index >= 15 is 0 Å². The Hall–Kier alpha value is -1.24. The summed E-state index contributed by atoms with van der Waals surface area (Å²) in [6.45, 7) is 13.2. The van der Waals surface area contributed by atoms with Crippen LogP contribution in [0.3, 0.4) is 0 Å². The molecule has 4 atom stereocenters. The second-order valence-corrected chi connectivity index (χ2v) is 7.49. The molecule has 25 heavy (non-hydrogen) atoms. The molecule has 0 aromatic rings. The molecule has 0 aromatic carbocycles. The summed E-state index contributed by atoms with van der Waals surface area (Å²) in [6, 6.07) is -0.341. The summed E-state index contributed by atoms with van der Waals surface area (Å²) in [4.78, 5) is 23.2. The quantitative estimate of drug-likeness (QED) is 0.456. The van der Waals surface area contributed by atoms with Gasteiger partial charge in [0.1, 0.15) is 0 Å². The monoisotopic (exact) mass is 351 g/mol. The Morgan fingerprint density at radius 1 is 1.44 bits per heavy atom. The zero-order valence-electron chi connectivity index (χ0n) is 15.8. The molecular weight excluding hydrogens is 318 g/mol. The number of carbonyl (C=O) groups is 2. The SMILES string of the molecule is C=C(CNC1CCC(=O)NC1=O)C(C)(O[C@@H]1CCCNC1)[C@H](C)CC. The Balaban J connectivity index is 1.97. The number of rotatable bonds is 8. The van der Waals surface area contributed by atoms with Gasteiger partial charge in [-0.3, -0.25) is 14.9 Å². The molecule has 0 aromatic heterocycles. The molecule has 0 saturated carbocycles. The third-order valence-electron chi connectivity index (χ3n) is 5.72. The molecule has 3 N–H and O–H groups in total. The molecule has 2 amide bonds. The van der Waals surface area contributed by atoms with Crippen molar-refractivity contribution in [3.8, 4) is 0 Å². The van der Waals surface area contributed by atoms with Gasteiger partial charge in [0.25, 0.3) is 0 Å². The summed E-state index contributed by atoms with van der Waals surface area (Å²) in [7, 11) is 0. The van der Waals surface area contributed by atoms with Crippen molar-refractivity contribution in [3.05, 3.63) is 12.2 Å². The van der Waals surface area contributed by atoms with E-state index < -0.39 is 5.60 Å². The first kappa shape index (κ1) is 20.1. The van der Waals surface area contributed by atoms with Gasteiger partial charge in [-0.15, -0.1) is 0 Å². The van der Waals surface area contributed by atoms with Crippen molar-refractivity contribution < 1.29 is 14.3 Å². The first-order chi connectivity index (χ1) is 11.9. The zero-order valence-corrected chi connectivity index (χ0v) is 15.8. The first-order valence-electron chi connectivity index (χ1n) is 9.50. The Morgan fingerprint density at radius 3 is 2.80 bits per heavy atom. The van der Waals surface area contributed by atoms with Crippen LogP contribution in [0.2, 0.25) is 0 Å². The van der Waals surface area contributed by atoms with Gasteiger partial charge in [-0.25, -0.2) is 0 Å². The Labute approximate surface area is 151 Å². The van der Waals surface area contributed by atoms with E-state index in [-0.39, 0.29) is 24.0 Å². The molecular formula is C19H33N3O3. The third kappa shape index (κ3) is 5.12. The summed E-state index contributed by atoms with van der Waals surface area (Å²) < 4.78 is 6.52. The summed E-state index contributed by atoms with van der Waals surface area (Å²) in [5.74, 6) is -0.114. The second-order valence-electron chi connectivity index (χ2n) is 7.49. The Kier molecular flexibility index (Phi) is 7.16. The van der Waals surface area contributed by atoms with Gasteiger partial charge < -0.3 is 15.4 Å². The number of imide groups is 1. The van der Waals surface area contributed by atoms with Crippen molar-refractivity contribution in [2.24, 2.45) is 5.92 Å². The van der Waals surface area contributed by atoms with Gasteiger partial charge in [0.05, 0.1) is 17.7 Å². The average molecular weight is 351 g/mol. The van der Waals surface area contributed by atoms with Gasteiger partial charge in [-0.1, -0.05) is 26.8 Å². The fraction of sp³-hybridized carbons (Fsp3) is 0.789. The van der Waals surface area contributed by atoms with Crippen molar-refractivity contribution in [2.45, 2.75) is 70.6 Å². The topological polar surface area (TPSA) is 79.5 Å². The molecule has 0 bridgehead atoms. The lowest BCUT2D eigenvalue weighted by molar-refractivity contribution is -0.134. The maximum absolute atomic E-state index is 11.9. The summed E-state index contributed by atoms with van der Waals surface area (Å²) >= 11 is 0. The van der Waals surface area contributed by atoms with E-state index in [4.69, 9.17) is 4.74 Å². The van der Waals surface area contributed by atoms with Crippen molar-refractivity contribution >= 4 is 11.8 Å². The van der Waals surface area contributed by atoms with Crippen LogP contribution in [0.15, 0.2) is 12.2 Å². The third-order valence-corrected chi connectivity index (χ3v) is 5.72. The van der Waals surface area contributed by atoms with Crippen LogP contribution in [0.1, 0.15) is 52.9 Å².